The zero-order chi connectivity index (χ0) is 14.1. The number of rotatable bonds is 2. The molecule has 1 saturated heterocycles. The molecule has 104 valence electrons. The second-order valence-electron chi connectivity index (χ2n) is 6.45. The lowest BCUT2D eigenvalue weighted by molar-refractivity contribution is -0.131. The molecule has 0 aromatic heterocycles. The third-order valence-corrected chi connectivity index (χ3v) is 3.12. The van der Waals surface area contributed by atoms with Gasteiger partial charge in [0.15, 0.2) is 0 Å². The fourth-order valence-electron chi connectivity index (χ4n) is 2.15. The maximum atomic E-state index is 12.0. The summed E-state index contributed by atoms with van der Waals surface area (Å²) < 4.78 is 5.22. The van der Waals surface area contributed by atoms with Crippen LogP contribution in [0.25, 0.3) is 0 Å². The number of carbonyl (C=O) groups is 2. The lowest BCUT2D eigenvalue weighted by Gasteiger charge is -2.32. The molecule has 1 aliphatic heterocycles. The van der Waals surface area contributed by atoms with Crippen molar-refractivity contribution in [2.75, 3.05) is 13.6 Å². The average molecular weight is 256 g/mol. The van der Waals surface area contributed by atoms with E-state index in [9.17, 15) is 9.59 Å². The second kappa shape index (κ2) is 4.78. The number of ether oxygens (including phenoxy) is 1. The highest BCUT2D eigenvalue weighted by molar-refractivity contribution is 5.83. The van der Waals surface area contributed by atoms with Crippen LogP contribution in [0.1, 0.15) is 41.0 Å². The summed E-state index contributed by atoms with van der Waals surface area (Å²) in [6, 6.07) is 0. The normalized spacial score (nSPS) is 21.1. The molecule has 18 heavy (non-hydrogen) atoms. The van der Waals surface area contributed by atoms with Crippen LogP contribution in [0.2, 0.25) is 0 Å². The van der Waals surface area contributed by atoms with Crippen LogP contribution in [-0.2, 0) is 9.53 Å². The van der Waals surface area contributed by atoms with Gasteiger partial charge in [-0.05, 0) is 41.0 Å². The Balaban J connectivity index is 2.65. The Bertz CT molecular complexity index is 345. The summed E-state index contributed by atoms with van der Waals surface area (Å²) in [5.74, 6) is -0.105. The van der Waals surface area contributed by atoms with Crippen LogP contribution in [0.4, 0.5) is 4.79 Å². The van der Waals surface area contributed by atoms with Gasteiger partial charge < -0.3 is 15.0 Å². The fourth-order valence-corrected chi connectivity index (χ4v) is 2.15. The van der Waals surface area contributed by atoms with E-state index in [2.05, 4.69) is 5.32 Å². The Morgan fingerprint density at radius 2 is 1.89 bits per heavy atom. The van der Waals surface area contributed by atoms with Crippen molar-refractivity contribution in [1.82, 2.24) is 10.2 Å². The van der Waals surface area contributed by atoms with Gasteiger partial charge in [0.2, 0.25) is 5.91 Å². The molecule has 0 aromatic rings. The SMILES string of the molecule is CN1CCC(C(C)(C)NC(=O)OC(C)(C)C)C1=O. The minimum Gasteiger partial charge on any atom is -0.444 e. The summed E-state index contributed by atoms with van der Waals surface area (Å²) in [6.07, 6.45) is 0.285. The first-order valence-electron chi connectivity index (χ1n) is 6.29. The van der Waals surface area contributed by atoms with E-state index < -0.39 is 17.2 Å². The van der Waals surface area contributed by atoms with Gasteiger partial charge in [-0.3, -0.25) is 4.79 Å². The van der Waals surface area contributed by atoms with Crippen molar-refractivity contribution in [2.45, 2.75) is 52.2 Å². The van der Waals surface area contributed by atoms with Gasteiger partial charge in [-0.2, -0.15) is 0 Å². The fraction of sp³-hybridized carbons (Fsp3) is 0.846. The molecule has 5 heteroatoms. The van der Waals surface area contributed by atoms with Crippen molar-refractivity contribution in [3.05, 3.63) is 0 Å². The van der Waals surface area contributed by atoms with Crippen LogP contribution in [0.15, 0.2) is 0 Å². The summed E-state index contributed by atoms with van der Waals surface area (Å²) in [4.78, 5) is 25.4. The second-order valence-corrected chi connectivity index (χ2v) is 6.45. The van der Waals surface area contributed by atoms with Gasteiger partial charge in [0.1, 0.15) is 5.60 Å². The van der Waals surface area contributed by atoms with Crippen molar-refractivity contribution in [3.63, 3.8) is 0 Å². The maximum absolute atomic E-state index is 12.0. The highest BCUT2D eigenvalue weighted by Crippen LogP contribution is 2.28. The predicted molar refractivity (Wildman–Crippen MR) is 69.2 cm³/mol. The standard InChI is InChI=1S/C13H24N2O3/c1-12(2,3)18-11(17)14-13(4,5)9-7-8-15(6)10(9)16/h9H,7-8H2,1-6H3,(H,14,17). The topological polar surface area (TPSA) is 58.6 Å². The molecule has 1 N–H and O–H groups in total. The van der Waals surface area contributed by atoms with Gasteiger partial charge in [-0.1, -0.05) is 0 Å². The Hall–Kier alpha value is -1.26. The average Bonchev–Trinajstić information content (AvgIpc) is 2.43. The number of hydrogen-bond acceptors (Lipinski definition) is 3. The molecular formula is C13H24N2O3. The van der Waals surface area contributed by atoms with Gasteiger partial charge in [0, 0.05) is 19.1 Å². The highest BCUT2D eigenvalue weighted by atomic mass is 16.6. The van der Waals surface area contributed by atoms with Gasteiger partial charge >= 0.3 is 6.09 Å². The Morgan fingerprint density at radius 3 is 2.28 bits per heavy atom. The van der Waals surface area contributed by atoms with Gasteiger partial charge in [0.05, 0.1) is 5.92 Å². The minimum atomic E-state index is -0.593. The highest BCUT2D eigenvalue weighted by Gasteiger charge is 2.42. The zero-order valence-electron chi connectivity index (χ0n) is 12.2. The van der Waals surface area contributed by atoms with E-state index in [1.54, 1.807) is 11.9 Å². The van der Waals surface area contributed by atoms with Gasteiger partial charge in [-0.25, -0.2) is 4.79 Å². The molecule has 0 aromatic carbocycles. The Morgan fingerprint density at radius 1 is 1.33 bits per heavy atom. The molecule has 2 amide bonds. The lowest BCUT2D eigenvalue weighted by Crippen LogP contribution is -2.52. The van der Waals surface area contributed by atoms with E-state index in [4.69, 9.17) is 4.74 Å². The van der Waals surface area contributed by atoms with Crippen LogP contribution in [0, 0.1) is 5.92 Å². The molecule has 0 radical (unpaired) electrons. The van der Waals surface area contributed by atoms with Crippen LogP contribution >= 0.6 is 0 Å². The molecule has 1 fully saturated rings. The third-order valence-electron chi connectivity index (χ3n) is 3.12. The number of nitrogens with zero attached hydrogens (tertiary/aromatic N) is 1. The Labute approximate surface area is 109 Å². The first-order valence-corrected chi connectivity index (χ1v) is 6.29. The van der Waals surface area contributed by atoms with Gasteiger partial charge in [-0.15, -0.1) is 0 Å². The molecule has 0 saturated carbocycles. The number of carbonyl (C=O) groups excluding carboxylic acids is 2. The van der Waals surface area contributed by atoms with Crippen LogP contribution in [0.3, 0.4) is 0 Å². The van der Waals surface area contributed by atoms with E-state index in [0.29, 0.717) is 0 Å². The number of hydrogen-bond donors (Lipinski definition) is 1. The maximum Gasteiger partial charge on any atom is 0.408 e. The molecule has 1 heterocycles. The number of nitrogens with one attached hydrogen (secondary N) is 1. The minimum absolute atomic E-state index is 0.0797. The molecule has 1 rings (SSSR count). The number of amides is 2. The summed E-state index contributed by atoms with van der Waals surface area (Å²) in [5.41, 5.74) is -1.12. The van der Waals surface area contributed by atoms with E-state index in [-0.39, 0.29) is 11.8 Å². The van der Waals surface area contributed by atoms with Crippen LogP contribution < -0.4 is 5.32 Å². The molecule has 1 unspecified atom stereocenters. The van der Waals surface area contributed by atoms with Gasteiger partial charge in [0.25, 0.3) is 0 Å². The first kappa shape index (κ1) is 14.8. The zero-order valence-corrected chi connectivity index (χ0v) is 12.2. The quantitative estimate of drug-likeness (QED) is 0.819. The van der Waals surface area contributed by atoms with Crippen LogP contribution in [-0.4, -0.2) is 41.6 Å². The van der Waals surface area contributed by atoms with E-state index in [0.717, 1.165) is 13.0 Å². The molecule has 1 aliphatic rings. The van der Waals surface area contributed by atoms with Crippen molar-refractivity contribution >= 4 is 12.0 Å². The summed E-state index contributed by atoms with van der Waals surface area (Å²) >= 11 is 0. The van der Waals surface area contributed by atoms with E-state index in [1.165, 1.54) is 0 Å². The Kier molecular flexibility index (Phi) is 3.93. The summed E-state index contributed by atoms with van der Waals surface area (Å²) in [6.45, 7) is 9.90. The van der Waals surface area contributed by atoms with Crippen molar-refractivity contribution in [1.29, 1.82) is 0 Å². The van der Waals surface area contributed by atoms with Crippen molar-refractivity contribution < 1.29 is 14.3 Å². The monoisotopic (exact) mass is 256 g/mol. The smallest absolute Gasteiger partial charge is 0.408 e. The third kappa shape index (κ3) is 3.62. The number of likely N-dealkylation sites (tertiary alicyclic amines) is 1. The first-order chi connectivity index (χ1) is 8.03. The summed E-state index contributed by atoms with van der Waals surface area (Å²) in [7, 11) is 1.78. The van der Waals surface area contributed by atoms with E-state index >= 15 is 0 Å². The number of alkyl carbamates (subject to hydrolysis) is 1. The van der Waals surface area contributed by atoms with Crippen molar-refractivity contribution in [3.8, 4) is 0 Å². The van der Waals surface area contributed by atoms with Crippen molar-refractivity contribution in [2.24, 2.45) is 5.92 Å². The molecule has 1 atom stereocenters. The van der Waals surface area contributed by atoms with E-state index in [1.807, 2.05) is 34.6 Å². The van der Waals surface area contributed by atoms with Crippen LogP contribution in [0.5, 0.6) is 0 Å². The summed E-state index contributed by atoms with van der Waals surface area (Å²) in [5, 5.41) is 2.80. The lowest BCUT2D eigenvalue weighted by atomic mass is 9.86. The molecule has 0 spiro atoms. The molecule has 5 nitrogen and oxygen atoms in total. The molecule has 0 bridgehead atoms. The predicted octanol–water partition coefficient (Wildman–Crippen LogP) is 1.77. The molecule has 0 aliphatic carbocycles. The largest absolute Gasteiger partial charge is 0.444 e. The molecular weight excluding hydrogens is 232 g/mol.